The van der Waals surface area contributed by atoms with Crippen LogP contribution in [0, 0.1) is 0 Å². The first-order valence-electron chi connectivity index (χ1n) is 7.25. The maximum absolute atomic E-state index is 12.0. The lowest BCUT2D eigenvalue weighted by Crippen LogP contribution is -2.42. The number of hydrogen-bond acceptors (Lipinski definition) is 5. The number of carboxylic acids is 1. The molecule has 3 N–H and O–H groups in total. The van der Waals surface area contributed by atoms with Gasteiger partial charge in [0.05, 0.1) is 22.8 Å². The number of hydrazone groups is 1. The minimum absolute atomic E-state index is 0.0805. The molecular weight excluding hydrogens is 312 g/mol. The summed E-state index contributed by atoms with van der Waals surface area (Å²) in [5.41, 5.74) is 1.43. The van der Waals surface area contributed by atoms with Crippen LogP contribution in [0.1, 0.15) is 24.4 Å². The fourth-order valence-corrected chi connectivity index (χ4v) is 4.78. The Kier molecular flexibility index (Phi) is 4.12. The van der Waals surface area contributed by atoms with E-state index < -0.39 is 16.6 Å². The molecule has 0 saturated carbocycles. The van der Waals surface area contributed by atoms with E-state index in [1.807, 2.05) is 48.0 Å². The molecule has 1 fully saturated rings. The van der Waals surface area contributed by atoms with Crippen LogP contribution in [0.3, 0.4) is 0 Å². The van der Waals surface area contributed by atoms with Crippen LogP contribution in [0.5, 0.6) is 0 Å². The van der Waals surface area contributed by atoms with Gasteiger partial charge in [0.2, 0.25) is 0 Å². The third-order valence-corrected chi connectivity index (χ3v) is 5.85. The van der Waals surface area contributed by atoms with Crippen LogP contribution in [0.25, 0.3) is 0 Å². The SMILES string of the molecule is CC1(C(C(=O)O)c2ccccc2)SCC(n2ccnc2)C1=NN. The summed E-state index contributed by atoms with van der Waals surface area (Å²) in [6.45, 7) is 1.91. The number of aliphatic carboxylic acids is 1. The van der Waals surface area contributed by atoms with Gasteiger partial charge in [-0.1, -0.05) is 30.3 Å². The molecule has 120 valence electrons. The first-order valence-corrected chi connectivity index (χ1v) is 8.24. The molecule has 0 amide bonds. The zero-order valence-electron chi connectivity index (χ0n) is 12.7. The fourth-order valence-electron chi connectivity index (χ4n) is 3.20. The number of imidazole rings is 1. The second kappa shape index (κ2) is 6.08. The number of rotatable bonds is 4. The predicted octanol–water partition coefficient (Wildman–Crippen LogP) is 2.11. The highest BCUT2D eigenvalue weighted by molar-refractivity contribution is 8.02. The summed E-state index contributed by atoms with van der Waals surface area (Å²) in [6.07, 6.45) is 5.25. The average molecular weight is 330 g/mol. The molecule has 1 aliphatic heterocycles. The van der Waals surface area contributed by atoms with Gasteiger partial charge in [0.1, 0.15) is 5.92 Å². The van der Waals surface area contributed by atoms with E-state index in [0.717, 1.165) is 5.56 Å². The summed E-state index contributed by atoms with van der Waals surface area (Å²) in [5.74, 6) is 4.78. The van der Waals surface area contributed by atoms with Crippen molar-refractivity contribution in [3.63, 3.8) is 0 Å². The molecule has 3 atom stereocenters. The monoisotopic (exact) mass is 330 g/mol. The van der Waals surface area contributed by atoms with Gasteiger partial charge in [-0.05, 0) is 12.5 Å². The van der Waals surface area contributed by atoms with Crippen molar-refractivity contribution in [1.82, 2.24) is 9.55 Å². The van der Waals surface area contributed by atoms with Crippen LogP contribution in [-0.4, -0.2) is 36.8 Å². The minimum atomic E-state index is -0.876. The van der Waals surface area contributed by atoms with Crippen LogP contribution in [0.2, 0.25) is 0 Å². The average Bonchev–Trinajstić information content (AvgIpc) is 3.15. The maximum Gasteiger partial charge on any atom is 0.312 e. The van der Waals surface area contributed by atoms with Crippen molar-refractivity contribution in [1.29, 1.82) is 0 Å². The molecule has 3 unspecified atom stereocenters. The fraction of sp³-hybridized carbons (Fsp3) is 0.312. The molecule has 0 bridgehead atoms. The van der Waals surface area contributed by atoms with Gasteiger partial charge in [-0.15, -0.1) is 11.8 Å². The summed E-state index contributed by atoms with van der Waals surface area (Å²) in [6, 6.07) is 9.16. The molecule has 2 aromatic rings. The highest BCUT2D eigenvalue weighted by Crippen LogP contribution is 2.49. The summed E-state index contributed by atoms with van der Waals surface area (Å²) in [5, 5.41) is 13.8. The Hall–Kier alpha value is -2.28. The third kappa shape index (κ3) is 2.61. The summed E-state index contributed by atoms with van der Waals surface area (Å²) < 4.78 is 1.21. The summed E-state index contributed by atoms with van der Waals surface area (Å²) >= 11 is 1.57. The third-order valence-electron chi connectivity index (χ3n) is 4.32. The van der Waals surface area contributed by atoms with Crippen molar-refractivity contribution in [2.75, 3.05) is 5.75 Å². The van der Waals surface area contributed by atoms with E-state index in [0.29, 0.717) is 11.5 Å². The molecule has 1 aliphatic rings. The largest absolute Gasteiger partial charge is 0.481 e. The first-order chi connectivity index (χ1) is 11.1. The lowest BCUT2D eigenvalue weighted by atomic mass is 9.81. The molecule has 0 radical (unpaired) electrons. The molecule has 2 heterocycles. The smallest absolute Gasteiger partial charge is 0.312 e. The van der Waals surface area contributed by atoms with E-state index in [-0.39, 0.29) is 6.04 Å². The van der Waals surface area contributed by atoms with E-state index >= 15 is 0 Å². The first kappa shape index (κ1) is 15.6. The topological polar surface area (TPSA) is 93.5 Å². The molecular formula is C16H18N4O2S. The Bertz CT molecular complexity index is 717. The normalized spacial score (nSPS) is 27.2. The van der Waals surface area contributed by atoms with Crippen LogP contribution in [-0.2, 0) is 4.79 Å². The molecule has 0 spiro atoms. The van der Waals surface area contributed by atoms with E-state index in [9.17, 15) is 9.90 Å². The van der Waals surface area contributed by atoms with Crippen LogP contribution < -0.4 is 5.84 Å². The Morgan fingerprint density at radius 3 is 2.83 bits per heavy atom. The van der Waals surface area contributed by atoms with Gasteiger partial charge in [-0.2, -0.15) is 5.10 Å². The van der Waals surface area contributed by atoms with Gasteiger partial charge in [0, 0.05) is 18.1 Å². The lowest BCUT2D eigenvalue weighted by Gasteiger charge is -2.31. The van der Waals surface area contributed by atoms with Gasteiger partial charge in [0.15, 0.2) is 0 Å². The van der Waals surface area contributed by atoms with Gasteiger partial charge >= 0.3 is 5.97 Å². The highest BCUT2D eigenvalue weighted by Gasteiger charge is 2.52. The maximum atomic E-state index is 12.0. The number of benzene rings is 1. The van der Waals surface area contributed by atoms with Crippen LogP contribution in [0.15, 0.2) is 54.2 Å². The Morgan fingerprint density at radius 1 is 1.52 bits per heavy atom. The van der Waals surface area contributed by atoms with E-state index in [1.54, 1.807) is 24.3 Å². The zero-order chi connectivity index (χ0) is 16.4. The number of hydrogen-bond donors (Lipinski definition) is 2. The van der Waals surface area contributed by atoms with Gasteiger partial charge in [-0.3, -0.25) is 4.79 Å². The molecule has 1 aromatic carbocycles. The quantitative estimate of drug-likeness (QED) is 0.661. The Labute approximate surface area is 138 Å². The van der Waals surface area contributed by atoms with Crippen LogP contribution in [0.4, 0.5) is 0 Å². The van der Waals surface area contributed by atoms with Crippen molar-refractivity contribution in [3.05, 3.63) is 54.6 Å². The Balaban J connectivity index is 2.04. The zero-order valence-corrected chi connectivity index (χ0v) is 13.5. The van der Waals surface area contributed by atoms with E-state index in [1.165, 1.54) is 0 Å². The van der Waals surface area contributed by atoms with Gasteiger partial charge in [0.25, 0.3) is 0 Å². The lowest BCUT2D eigenvalue weighted by molar-refractivity contribution is -0.139. The van der Waals surface area contributed by atoms with Crippen molar-refractivity contribution in [2.24, 2.45) is 10.9 Å². The molecule has 1 saturated heterocycles. The number of nitrogens with zero attached hydrogens (tertiary/aromatic N) is 3. The van der Waals surface area contributed by atoms with Crippen molar-refractivity contribution >= 4 is 23.4 Å². The summed E-state index contributed by atoms with van der Waals surface area (Å²) in [7, 11) is 0. The number of carbonyl (C=O) groups is 1. The second-order valence-electron chi connectivity index (χ2n) is 5.64. The standard InChI is InChI=1S/C16H18N4O2S/c1-16(13(15(21)22)11-5-3-2-4-6-11)14(19-17)12(9-23-16)20-8-7-18-10-20/h2-8,10,12-13H,9,17H2,1H3,(H,21,22). The number of thioether (sulfide) groups is 1. The molecule has 0 aliphatic carbocycles. The second-order valence-corrected chi connectivity index (χ2v) is 7.11. The highest BCUT2D eigenvalue weighted by atomic mass is 32.2. The van der Waals surface area contributed by atoms with E-state index in [2.05, 4.69) is 10.1 Å². The minimum Gasteiger partial charge on any atom is -0.481 e. The van der Waals surface area contributed by atoms with Gasteiger partial charge in [-0.25, -0.2) is 4.98 Å². The number of aromatic nitrogens is 2. The van der Waals surface area contributed by atoms with E-state index in [4.69, 9.17) is 5.84 Å². The number of carboxylic acid groups (broad SMARTS) is 1. The van der Waals surface area contributed by atoms with Crippen molar-refractivity contribution < 1.29 is 9.90 Å². The van der Waals surface area contributed by atoms with Gasteiger partial charge < -0.3 is 15.5 Å². The molecule has 3 rings (SSSR count). The molecule has 1 aromatic heterocycles. The van der Waals surface area contributed by atoms with Crippen LogP contribution >= 0.6 is 11.8 Å². The van der Waals surface area contributed by atoms with Crippen molar-refractivity contribution in [2.45, 2.75) is 23.6 Å². The number of nitrogens with two attached hydrogens (primary N) is 1. The molecule has 6 nitrogen and oxygen atoms in total. The summed E-state index contributed by atoms with van der Waals surface area (Å²) in [4.78, 5) is 16.1. The molecule has 7 heteroatoms. The Morgan fingerprint density at radius 2 is 2.26 bits per heavy atom. The van der Waals surface area contributed by atoms with Crippen molar-refractivity contribution in [3.8, 4) is 0 Å². The predicted molar refractivity (Wildman–Crippen MR) is 90.6 cm³/mol. The molecule has 23 heavy (non-hydrogen) atoms.